The molecule has 1 aromatic rings. The SMILES string of the molecule is COc1ccc(C(=O)O)cc1NC(=O)NCCOC(C)C. The molecule has 0 aliphatic heterocycles. The number of hydrogen-bond donors (Lipinski definition) is 3. The number of methoxy groups -OCH3 is 1. The van der Waals surface area contributed by atoms with Crippen molar-refractivity contribution in [1.29, 1.82) is 0 Å². The molecule has 7 nitrogen and oxygen atoms in total. The Morgan fingerprint density at radius 3 is 2.62 bits per heavy atom. The van der Waals surface area contributed by atoms with Crippen LogP contribution in [0.15, 0.2) is 18.2 Å². The largest absolute Gasteiger partial charge is 0.495 e. The molecule has 0 heterocycles. The van der Waals surface area contributed by atoms with E-state index in [-0.39, 0.29) is 11.7 Å². The minimum atomic E-state index is -1.08. The van der Waals surface area contributed by atoms with Crippen molar-refractivity contribution in [3.8, 4) is 5.75 Å². The molecule has 7 heteroatoms. The predicted octanol–water partition coefficient (Wildman–Crippen LogP) is 1.94. The molecule has 0 saturated carbocycles. The quantitative estimate of drug-likeness (QED) is 0.668. The van der Waals surface area contributed by atoms with Crippen molar-refractivity contribution in [3.63, 3.8) is 0 Å². The summed E-state index contributed by atoms with van der Waals surface area (Å²) in [5, 5.41) is 14.1. The Hall–Kier alpha value is -2.28. The summed E-state index contributed by atoms with van der Waals surface area (Å²) in [7, 11) is 1.44. The number of rotatable bonds is 7. The molecule has 0 atom stereocenters. The predicted molar refractivity (Wildman–Crippen MR) is 78.1 cm³/mol. The molecule has 0 saturated heterocycles. The van der Waals surface area contributed by atoms with Crippen LogP contribution in [0.25, 0.3) is 0 Å². The summed E-state index contributed by atoms with van der Waals surface area (Å²) < 4.78 is 10.4. The molecule has 0 unspecified atom stereocenters. The molecule has 0 aliphatic carbocycles. The zero-order chi connectivity index (χ0) is 15.8. The van der Waals surface area contributed by atoms with Crippen LogP contribution in [0.3, 0.4) is 0 Å². The fourth-order valence-corrected chi connectivity index (χ4v) is 1.56. The number of carboxylic acids is 1. The van der Waals surface area contributed by atoms with Crippen LogP contribution in [0.4, 0.5) is 10.5 Å². The summed E-state index contributed by atoms with van der Waals surface area (Å²) in [4.78, 5) is 22.7. The summed E-state index contributed by atoms with van der Waals surface area (Å²) in [6.45, 7) is 4.56. The minimum absolute atomic E-state index is 0.0641. The second-order valence-corrected chi connectivity index (χ2v) is 4.52. The summed E-state index contributed by atoms with van der Waals surface area (Å²) in [6, 6.07) is 3.77. The van der Waals surface area contributed by atoms with E-state index in [1.165, 1.54) is 25.3 Å². The van der Waals surface area contributed by atoms with Gasteiger partial charge in [-0.3, -0.25) is 0 Å². The fraction of sp³-hybridized carbons (Fsp3) is 0.429. The highest BCUT2D eigenvalue weighted by atomic mass is 16.5. The molecule has 1 aromatic carbocycles. The lowest BCUT2D eigenvalue weighted by Gasteiger charge is -2.12. The van der Waals surface area contributed by atoms with Gasteiger partial charge in [0.05, 0.1) is 31.1 Å². The van der Waals surface area contributed by atoms with Crippen LogP contribution in [0.2, 0.25) is 0 Å². The number of carbonyl (C=O) groups excluding carboxylic acids is 1. The highest BCUT2D eigenvalue weighted by molar-refractivity contribution is 5.94. The van der Waals surface area contributed by atoms with E-state index >= 15 is 0 Å². The first-order valence-corrected chi connectivity index (χ1v) is 6.51. The number of anilines is 1. The molecule has 0 fully saturated rings. The molecule has 1 rings (SSSR count). The normalized spacial score (nSPS) is 10.3. The third-order valence-electron chi connectivity index (χ3n) is 2.53. The maximum Gasteiger partial charge on any atom is 0.335 e. The summed E-state index contributed by atoms with van der Waals surface area (Å²) in [6.07, 6.45) is 0.0993. The lowest BCUT2D eigenvalue weighted by atomic mass is 10.2. The Balaban J connectivity index is 2.61. The van der Waals surface area contributed by atoms with Crippen LogP contribution < -0.4 is 15.4 Å². The molecule has 0 aromatic heterocycles. The molecule has 3 N–H and O–H groups in total. The molecular weight excluding hydrogens is 276 g/mol. The van der Waals surface area contributed by atoms with Crippen LogP contribution in [0.1, 0.15) is 24.2 Å². The Bertz CT molecular complexity index is 502. The van der Waals surface area contributed by atoms with Crippen LogP contribution >= 0.6 is 0 Å². The van der Waals surface area contributed by atoms with Gasteiger partial charge in [0.15, 0.2) is 0 Å². The van der Waals surface area contributed by atoms with Crippen molar-refractivity contribution in [1.82, 2.24) is 5.32 Å². The number of amides is 2. The Morgan fingerprint density at radius 2 is 2.05 bits per heavy atom. The molecule has 2 amide bonds. The van der Waals surface area contributed by atoms with Crippen molar-refractivity contribution in [2.24, 2.45) is 0 Å². The third kappa shape index (κ3) is 5.70. The van der Waals surface area contributed by atoms with Crippen molar-refractivity contribution < 1.29 is 24.2 Å². The van der Waals surface area contributed by atoms with Crippen LogP contribution in [0, 0.1) is 0 Å². The van der Waals surface area contributed by atoms with Gasteiger partial charge in [-0.15, -0.1) is 0 Å². The summed E-state index contributed by atoms with van der Waals surface area (Å²) >= 11 is 0. The van der Waals surface area contributed by atoms with Gasteiger partial charge in [0.25, 0.3) is 0 Å². The van der Waals surface area contributed by atoms with E-state index < -0.39 is 12.0 Å². The first-order valence-electron chi connectivity index (χ1n) is 6.51. The Morgan fingerprint density at radius 1 is 1.33 bits per heavy atom. The lowest BCUT2D eigenvalue weighted by molar-refractivity contribution is 0.0696. The number of benzene rings is 1. The van der Waals surface area contributed by atoms with E-state index in [0.29, 0.717) is 24.6 Å². The minimum Gasteiger partial charge on any atom is -0.495 e. The van der Waals surface area contributed by atoms with Gasteiger partial charge in [0, 0.05) is 6.54 Å². The monoisotopic (exact) mass is 296 g/mol. The van der Waals surface area contributed by atoms with E-state index in [1.807, 2.05) is 13.8 Å². The van der Waals surface area contributed by atoms with Gasteiger partial charge in [-0.1, -0.05) is 0 Å². The average molecular weight is 296 g/mol. The number of hydrogen-bond acceptors (Lipinski definition) is 4. The first-order chi connectivity index (χ1) is 9.93. The number of ether oxygens (including phenoxy) is 2. The maximum atomic E-state index is 11.7. The average Bonchev–Trinajstić information content (AvgIpc) is 2.43. The number of nitrogens with one attached hydrogen (secondary N) is 2. The van der Waals surface area contributed by atoms with Gasteiger partial charge in [0.2, 0.25) is 0 Å². The molecular formula is C14H20N2O5. The molecule has 116 valence electrons. The van der Waals surface area contributed by atoms with Gasteiger partial charge in [-0.2, -0.15) is 0 Å². The molecule has 0 spiro atoms. The fourth-order valence-electron chi connectivity index (χ4n) is 1.56. The van der Waals surface area contributed by atoms with Crippen LogP contribution in [-0.2, 0) is 4.74 Å². The van der Waals surface area contributed by atoms with Crippen molar-refractivity contribution in [3.05, 3.63) is 23.8 Å². The summed E-state index contributed by atoms with van der Waals surface area (Å²) in [5.74, 6) is -0.694. The number of carbonyl (C=O) groups is 2. The number of carboxylic acid groups (broad SMARTS) is 1. The van der Waals surface area contributed by atoms with Crippen molar-refractivity contribution >= 4 is 17.7 Å². The molecule has 21 heavy (non-hydrogen) atoms. The second-order valence-electron chi connectivity index (χ2n) is 4.52. The van der Waals surface area contributed by atoms with E-state index in [1.54, 1.807) is 0 Å². The van der Waals surface area contributed by atoms with Gasteiger partial charge < -0.3 is 25.2 Å². The third-order valence-corrected chi connectivity index (χ3v) is 2.53. The highest BCUT2D eigenvalue weighted by Crippen LogP contribution is 2.25. The molecule has 0 radical (unpaired) electrons. The zero-order valence-electron chi connectivity index (χ0n) is 12.3. The lowest BCUT2D eigenvalue weighted by Crippen LogP contribution is -2.32. The van der Waals surface area contributed by atoms with Crippen LogP contribution in [0.5, 0.6) is 5.75 Å². The van der Waals surface area contributed by atoms with Gasteiger partial charge in [-0.05, 0) is 32.0 Å². The van der Waals surface area contributed by atoms with E-state index in [4.69, 9.17) is 14.6 Å². The number of aromatic carboxylic acids is 1. The van der Waals surface area contributed by atoms with E-state index in [0.717, 1.165) is 0 Å². The van der Waals surface area contributed by atoms with Gasteiger partial charge in [0.1, 0.15) is 5.75 Å². The smallest absolute Gasteiger partial charge is 0.335 e. The summed E-state index contributed by atoms with van der Waals surface area (Å²) in [5.41, 5.74) is 0.355. The van der Waals surface area contributed by atoms with Crippen molar-refractivity contribution in [2.75, 3.05) is 25.6 Å². The molecule has 0 bridgehead atoms. The van der Waals surface area contributed by atoms with Crippen molar-refractivity contribution in [2.45, 2.75) is 20.0 Å². The highest BCUT2D eigenvalue weighted by Gasteiger charge is 2.11. The van der Waals surface area contributed by atoms with E-state index in [2.05, 4.69) is 10.6 Å². The second kappa shape index (κ2) is 8.11. The van der Waals surface area contributed by atoms with Gasteiger partial charge in [-0.25, -0.2) is 9.59 Å². The standard InChI is InChI=1S/C14H20N2O5/c1-9(2)21-7-6-15-14(19)16-11-8-10(13(17)18)4-5-12(11)20-3/h4-5,8-9H,6-7H2,1-3H3,(H,17,18)(H2,15,16,19). The number of urea groups is 1. The van der Waals surface area contributed by atoms with Gasteiger partial charge >= 0.3 is 12.0 Å². The molecule has 0 aliphatic rings. The van der Waals surface area contributed by atoms with Crippen LogP contribution in [-0.4, -0.2) is 43.5 Å². The Labute approximate surface area is 123 Å². The van der Waals surface area contributed by atoms with E-state index in [9.17, 15) is 9.59 Å². The topological polar surface area (TPSA) is 96.9 Å². The zero-order valence-corrected chi connectivity index (χ0v) is 12.3. The maximum absolute atomic E-state index is 11.7. The first kappa shape index (κ1) is 16.8. The Kier molecular flexibility index (Phi) is 6.48.